The fraction of sp³-hybridized carbons (Fsp3) is 0.167. The lowest BCUT2D eigenvalue weighted by Gasteiger charge is -2.10. The number of anilines is 1. The van der Waals surface area contributed by atoms with Gasteiger partial charge in [0.05, 0.1) is 18.4 Å². The zero-order chi connectivity index (χ0) is 15.6. The second-order valence-corrected chi connectivity index (χ2v) is 6.58. The number of aryl methyl sites for hydroxylation is 1. The van der Waals surface area contributed by atoms with Crippen LogP contribution in [-0.2, 0) is 10.0 Å². The van der Waals surface area contributed by atoms with Gasteiger partial charge in [-0.05, 0) is 25.1 Å². The molecular formula is C12H12N2O5S2. The number of carboxylic acid groups (broad SMARTS) is 1. The summed E-state index contributed by atoms with van der Waals surface area (Å²) in [6.07, 6.45) is 0. The molecular weight excluding hydrogens is 316 g/mol. The number of hydrogen-bond acceptors (Lipinski definition) is 6. The van der Waals surface area contributed by atoms with E-state index in [1.807, 2.05) is 0 Å². The molecule has 1 aromatic carbocycles. The number of nitrogens with one attached hydrogen (secondary N) is 1. The summed E-state index contributed by atoms with van der Waals surface area (Å²) in [5.74, 6) is -1.21. The largest absolute Gasteiger partial charge is 0.495 e. The molecule has 2 rings (SSSR count). The molecule has 0 amide bonds. The molecule has 0 aliphatic carbocycles. The Hall–Kier alpha value is -2.13. The summed E-state index contributed by atoms with van der Waals surface area (Å²) in [6, 6.07) is 3.54. The van der Waals surface area contributed by atoms with Crippen molar-refractivity contribution >= 4 is 32.5 Å². The van der Waals surface area contributed by atoms with E-state index in [0.29, 0.717) is 5.69 Å². The van der Waals surface area contributed by atoms with Crippen molar-refractivity contribution in [2.45, 2.75) is 11.8 Å². The van der Waals surface area contributed by atoms with Gasteiger partial charge in [-0.25, -0.2) is 18.2 Å². The zero-order valence-corrected chi connectivity index (χ0v) is 12.8. The first-order valence-electron chi connectivity index (χ1n) is 5.70. The fourth-order valence-corrected chi connectivity index (χ4v) is 3.69. The molecule has 0 unspecified atom stereocenters. The number of benzene rings is 1. The molecule has 2 aromatic rings. The number of rotatable bonds is 5. The van der Waals surface area contributed by atoms with Crippen molar-refractivity contribution in [1.29, 1.82) is 0 Å². The van der Waals surface area contributed by atoms with Gasteiger partial charge in [-0.15, -0.1) is 11.3 Å². The van der Waals surface area contributed by atoms with Crippen LogP contribution >= 0.6 is 11.3 Å². The number of nitrogens with zero attached hydrogens (tertiary/aromatic N) is 1. The maximum atomic E-state index is 12.3. The second-order valence-electron chi connectivity index (χ2n) is 4.07. The highest BCUT2D eigenvalue weighted by atomic mass is 32.2. The summed E-state index contributed by atoms with van der Waals surface area (Å²) in [5.41, 5.74) is 0.641. The van der Waals surface area contributed by atoms with E-state index < -0.39 is 16.0 Å². The lowest BCUT2D eigenvalue weighted by Crippen LogP contribution is -2.14. The SMILES string of the molecule is COc1cc(C(=O)O)ccc1S(=O)(=O)Nc1nc(C)cs1. The van der Waals surface area contributed by atoms with Crippen LogP contribution in [0.15, 0.2) is 28.5 Å². The highest BCUT2D eigenvalue weighted by Gasteiger charge is 2.22. The molecule has 0 aliphatic heterocycles. The van der Waals surface area contributed by atoms with E-state index in [2.05, 4.69) is 9.71 Å². The minimum Gasteiger partial charge on any atom is -0.495 e. The molecule has 9 heteroatoms. The molecule has 0 saturated carbocycles. The van der Waals surface area contributed by atoms with Gasteiger partial charge >= 0.3 is 5.97 Å². The van der Waals surface area contributed by atoms with Gasteiger partial charge in [-0.1, -0.05) is 0 Å². The van der Waals surface area contributed by atoms with Gasteiger partial charge in [0.15, 0.2) is 5.13 Å². The molecule has 0 saturated heterocycles. The Morgan fingerprint density at radius 1 is 1.43 bits per heavy atom. The molecule has 0 fully saturated rings. The Kier molecular flexibility index (Phi) is 4.14. The molecule has 112 valence electrons. The first-order chi connectivity index (χ1) is 9.83. The summed E-state index contributed by atoms with van der Waals surface area (Å²) >= 11 is 1.16. The molecule has 1 aromatic heterocycles. The van der Waals surface area contributed by atoms with Crippen molar-refractivity contribution in [2.75, 3.05) is 11.8 Å². The van der Waals surface area contributed by atoms with Crippen LogP contribution in [0, 0.1) is 6.92 Å². The Morgan fingerprint density at radius 2 is 2.14 bits per heavy atom. The van der Waals surface area contributed by atoms with Gasteiger partial charge in [-0.3, -0.25) is 4.72 Å². The number of aromatic carboxylic acids is 1. The van der Waals surface area contributed by atoms with Crippen LogP contribution in [0.1, 0.15) is 16.1 Å². The van der Waals surface area contributed by atoms with Crippen molar-refractivity contribution in [3.8, 4) is 5.75 Å². The topological polar surface area (TPSA) is 106 Å². The van der Waals surface area contributed by atoms with Crippen LogP contribution in [0.4, 0.5) is 5.13 Å². The van der Waals surface area contributed by atoms with Gasteiger partial charge in [-0.2, -0.15) is 0 Å². The van der Waals surface area contributed by atoms with Crippen molar-refractivity contribution in [1.82, 2.24) is 4.98 Å². The standard InChI is InChI=1S/C12H12N2O5S2/c1-7-6-20-12(13-7)14-21(17,18)10-4-3-8(11(15)16)5-9(10)19-2/h3-6H,1-2H3,(H,13,14)(H,15,16). The molecule has 0 atom stereocenters. The van der Waals surface area contributed by atoms with Crippen molar-refractivity contribution in [3.05, 3.63) is 34.8 Å². The summed E-state index contributed by atoms with van der Waals surface area (Å²) < 4.78 is 31.9. The number of methoxy groups -OCH3 is 1. The van der Waals surface area contributed by atoms with E-state index in [1.54, 1.807) is 12.3 Å². The van der Waals surface area contributed by atoms with E-state index in [1.165, 1.54) is 19.2 Å². The number of carboxylic acids is 1. The molecule has 2 N–H and O–H groups in total. The Balaban J connectivity index is 2.42. The number of aromatic nitrogens is 1. The first kappa shape index (κ1) is 15.3. The van der Waals surface area contributed by atoms with Crippen LogP contribution in [0.3, 0.4) is 0 Å². The Morgan fingerprint density at radius 3 is 2.67 bits per heavy atom. The number of thiazole rings is 1. The van der Waals surface area contributed by atoms with Crippen LogP contribution in [0.2, 0.25) is 0 Å². The van der Waals surface area contributed by atoms with E-state index in [-0.39, 0.29) is 21.3 Å². The summed E-state index contributed by atoms with van der Waals surface area (Å²) in [6.45, 7) is 1.75. The number of sulfonamides is 1. The third-order valence-electron chi connectivity index (χ3n) is 2.54. The Bertz CT molecular complexity index is 783. The van der Waals surface area contributed by atoms with Gasteiger partial charge in [0, 0.05) is 5.38 Å². The molecule has 0 aliphatic rings. The van der Waals surface area contributed by atoms with E-state index in [0.717, 1.165) is 17.4 Å². The van der Waals surface area contributed by atoms with E-state index in [9.17, 15) is 13.2 Å². The first-order valence-corrected chi connectivity index (χ1v) is 8.06. The second kappa shape index (κ2) is 5.70. The van der Waals surface area contributed by atoms with Crippen LogP contribution < -0.4 is 9.46 Å². The number of ether oxygens (including phenoxy) is 1. The predicted octanol–water partition coefficient (Wildman–Crippen LogP) is 1.96. The van der Waals surface area contributed by atoms with Crippen LogP contribution in [0.5, 0.6) is 5.75 Å². The average Bonchev–Trinajstić information content (AvgIpc) is 2.82. The van der Waals surface area contributed by atoms with Crippen molar-refractivity contribution < 1.29 is 23.1 Å². The lowest BCUT2D eigenvalue weighted by molar-refractivity contribution is 0.0696. The fourth-order valence-electron chi connectivity index (χ4n) is 1.59. The summed E-state index contributed by atoms with van der Waals surface area (Å²) in [7, 11) is -2.63. The van der Waals surface area contributed by atoms with Gasteiger partial charge in [0.25, 0.3) is 10.0 Å². The molecule has 7 nitrogen and oxygen atoms in total. The quantitative estimate of drug-likeness (QED) is 0.869. The average molecular weight is 328 g/mol. The van der Waals surface area contributed by atoms with Gasteiger partial charge in [0.2, 0.25) is 0 Å². The van der Waals surface area contributed by atoms with Gasteiger partial charge < -0.3 is 9.84 Å². The minimum atomic E-state index is -3.91. The molecule has 1 heterocycles. The van der Waals surface area contributed by atoms with Gasteiger partial charge in [0.1, 0.15) is 10.6 Å². The maximum Gasteiger partial charge on any atom is 0.335 e. The smallest absolute Gasteiger partial charge is 0.335 e. The zero-order valence-electron chi connectivity index (χ0n) is 11.2. The highest BCUT2D eigenvalue weighted by molar-refractivity contribution is 7.93. The van der Waals surface area contributed by atoms with Crippen molar-refractivity contribution in [2.24, 2.45) is 0 Å². The van der Waals surface area contributed by atoms with E-state index in [4.69, 9.17) is 9.84 Å². The lowest BCUT2D eigenvalue weighted by atomic mass is 10.2. The molecule has 0 radical (unpaired) electrons. The Labute approximate surface area is 125 Å². The van der Waals surface area contributed by atoms with Crippen LogP contribution in [-0.4, -0.2) is 31.6 Å². The van der Waals surface area contributed by atoms with E-state index >= 15 is 0 Å². The predicted molar refractivity (Wildman–Crippen MR) is 77.6 cm³/mol. The van der Waals surface area contributed by atoms with Crippen molar-refractivity contribution in [3.63, 3.8) is 0 Å². The number of carbonyl (C=O) groups is 1. The summed E-state index contributed by atoms with van der Waals surface area (Å²) in [4.78, 5) is 14.8. The molecule has 0 bridgehead atoms. The van der Waals surface area contributed by atoms with Crippen LogP contribution in [0.25, 0.3) is 0 Å². The highest BCUT2D eigenvalue weighted by Crippen LogP contribution is 2.28. The normalized spacial score (nSPS) is 11.1. The number of hydrogen-bond donors (Lipinski definition) is 2. The summed E-state index contributed by atoms with van der Waals surface area (Å²) in [5, 5.41) is 10.9. The third kappa shape index (κ3) is 3.31. The molecule has 0 spiro atoms. The monoisotopic (exact) mass is 328 g/mol. The minimum absolute atomic E-state index is 0.0457. The third-order valence-corrected chi connectivity index (χ3v) is 4.92. The molecule has 21 heavy (non-hydrogen) atoms. The maximum absolute atomic E-state index is 12.3.